The maximum absolute atomic E-state index is 13.5. The van der Waals surface area contributed by atoms with Crippen LogP contribution in [0.5, 0.6) is 5.75 Å². The third-order valence-electron chi connectivity index (χ3n) is 2.05. The highest BCUT2D eigenvalue weighted by Gasteiger charge is 2.43. The van der Waals surface area contributed by atoms with Crippen LogP contribution in [0.25, 0.3) is 0 Å². The lowest BCUT2D eigenvalue weighted by Crippen LogP contribution is -2.28. The van der Waals surface area contributed by atoms with Crippen LogP contribution in [0.15, 0.2) is 18.2 Å². The van der Waals surface area contributed by atoms with Crippen LogP contribution in [0.1, 0.15) is 12.5 Å². The van der Waals surface area contributed by atoms with Gasteiger partial charge >= 0.3 is 11.9 Å². The Morgan fingerprint density at radius 3 is 2.59 bits per heavy atom. The van der Waals surface area contributed by atoms with Crippen LogP contribution in [-0.4, -0.2) is 19.7 Å². The number of hydrogen-bond donors (Lipinski definition) is 0. The Morgan fingerprint density at radius 1 is 1.41 bits per heavy atom. The maximum atomic E-state index is 13.5. The van der Waals surface area contributed by atoms with E-state index in [4.69, 9.17) is 0 Å². The van der Waals surface area contributed by atoms with Crippen molar-refractivity contribution in [1.82, 2.24) is 0 Å². The van der Waals surface area contributed by atoms with Crippen LogP contribution in [0, 0.1) is 5.82 Å². The van der Waals surface area contributed by atoms with Crippen LogP contribution >= 0.6 is 0 Å². The Balaban J connectivity index is 3.10. The van der Waals surface area contributed by atoms with Gasteiger partial charge in [0.2, 0.25) is 0 Å². The summed E-state index contributed by atoms with van der Waals surface area (Å²) in [5.74, 6) is -6.63. The first-order valence-electron chi connectivity index (χ1n) is 4.82. The van der Waals surface area contributed by atoms with Crippen LogP contribution in [0.4, 0.5) is 13.2 Å². The monoisotopic (exact) mass is 248 g/mol. The Bertz CT molecular complexity index is 418. The van der Waals surface area contributed by atoms with Gasteiger partial charge in [0, 0.05) is 5.56 Å². The first-order valence-corrected chi connectivity index (χ1v) is 4.82. The Kier molecular flexibility index (Phi) is 3.98. The fraction of sp³-hybridized carbons (Fsp3) is 0.364. The van der Waals surface area contributed by atoms with E-state index in [1.165, 1.54) is 6.92 Å². The molecule has 0 aromatic heterocycles. The number of esters is 1. The molecule has 0 atom stereocenters. The number of benzene rings is 1. The molecule has 6 heteroatoms. The van der Waals surface area contributed by atoms with Crippen LogP contribution in [0.2, 0.25) is 0 Å². The Labute approximate surface area is 96.1 Å². The molecule has 1 rings (SSSR count). The standard InChI is InChI=1S/C11H11F3O3/c1-3-17-10(15)11(13,14)7-4-5-8(12)9(6-7)16-2/h4-6H,3H2,1-2H3. The van der Waals surface area contributed by atoms with Crippen molar-refractivity contribution >= 4 is 5.97 Å². The van der Waals surface area contributed by atoms with Crippen molar-refractivity contribution in [3.05, 3.63) is 29.6 Å². The molecule has 0 aliphatic rings. The summed E-state index contributed by atoms with van der Waals surface area (Å²) in [6.45, 7) is 1.26. The van der Waals surface area contributed by atoms with Crippen LogP contribution in [0.3, 0.4) is 0 Å². The zero-order chi connectivity index (χ0) is 13.1. The van der Waals surface area contributed by atoms with Gasteiger partial charge < -0.3 is 9.47 Å². The average molecular weight is 248 g/mol. The lowest BCUT2D eigenvalue weighted by molar-refractivity contribution is -0.173. The fourth-order valence-electron chi connectivity index (χ4n) is 1.19. The van der Waals surface area contributed by atoms with Crippen LogP contribution in [-0.2, 0) is 15.5 Å². The zero-order valence-electron chi connectivity index (χ0n) is 9.30. The molecule has 0 bridgehead atoms. The second-order valence-corrected chi connectivity index (χ2v) is 3.14. The van der Waals surface area contributed by atoms with Crippen molar-refractivity contribution in [3.8, 4) is 5.75 Å². The lowest BCUT2D eigenvalue weighted by atomic mass is 10.1. The van der Waals surface area contributed by atoms with Crippen molar-refractivity contribution in [2.75, 3.05) is 13.7 Å². The number of hydrogen-bond acceptors (Lipinski definition) is 3. The maximum Gasteiger partial charge on any atom is 0.381 e. The number of ether oxygens (including phenoxy) is 2. The molecule has 17 heavy (non-hydrogen) atoms. The molecule has 1 aromatic rings. The van der Waals surface area contributed by atoms with E-state index in [2.05, 4.69) is 9.47 Å². The highest BCUT2D eigenvalue weighted by Crippen LogP contribution is 2.32. The summed E-state index contributed by atoms with van der Waals surface area (Å²) in [4.78, 5) is 11.0. The molecular formula is C11H11F3O3. The quantitative estimate of drug-likeness (QED) is 0.768. The molecule has 0 radical (unpaired) electrons. The predicted octanol–water partition coefficient (Wildman–Crippen LogP) is 2.49. The molecule has 94 valence electrons. The van der Waals surface area contributed by atoms with E-state index in [1.54, 1.807) is 0 Å². The summed E-state index contributed by atoms with van der Waals surface area (Å²) < 4.78 is 48.9. The summed E-state index contributed by atoms with van der Waals surface area (Å²) in [6.07, 6.45) is 0. The highest BCUT2D eigenvalue weighted by atomic mass is 19.3. The Hall–Kier alpha value is -1.72. The van der Waals surface area contributed by atoms with Crippen molar-refractivity contribution in [1.29, 1.82) is 0 Å². The topological polar surface area (TPSA) is 35.5 Å². The number of carbonyl (C=O) groups excluding carboxylic acids is 1. The van der Waals surface area contributed by atoms with E-state index in [1.807, 2.05) is 0 Å². The summed E-state index contributed by atoms with van der Waals surface area (Å²) in [5.41, 5.74) is -0.672. The van der Waals surface area contributed by atoms with Gasteiger partial charge in [-0.2, -0.15) is 8.78 Å². The average Bonchev–Trinajstić information content (AvgIpc) is 2.29. The third-order valence-corrected chi connectivity index (χ3v) is 2.05. The minimum absolute atomic E-state index is 0.160. The third kappa shape index (κ3) is 2.69. The zero-order valence-corrected chi connectivity index (χ0v) is 9.30. The number of methoxy groups -OCH3 is 1. The molecule has 0 fully saturated rings. The highest BCUT2D eigenvalue weighted by molar-refractivity contribution is 5.79. The molecular weight excluding hydrogens is 237 g/mol. The summed E-state index contributed by atoms with van der Waals surface area (Å²) in [7, 11) is 1.14. The summed E-state index contributed by atoms with van der Waals surface area (Å²) >= 11 is 0. The molecule has 0 unspecified atom stereocenters. The largest absolute Gasteiger partial charge is 0.494 e. The van der Waals surface area contributed by atoms with Gasteiger partial charge in [-0.05, 0) is 25.1 Å². The van der Waals surface area contributed by atoms with E-state index in [0.29, 0.717) is 0 Å². The first kappa shape index (κ1) is 13.3. The smallest absolute Gasteiger partial charge is 0.381 e. The normalized spacial score (nSPS) is 11.1. The van der Waals surface area contributed by atoms with E-state index in [9.17, 15) is 18.0 Å². The minimum Gasteiger partial charge on any atom is -0.494 e. The number of carbonyl (C=O) groups is 1. The van der Waals surface area contributed by atoms with Gasteiger partial charge in [-0.3, -0.25) is 0 Å². The van der Waals surface area contributed by atoms with E-state index < -0.39 is 23.3 Å². The molecule has 0 spiro atoms. The SMILES string of the molecule is CCOC(=O)C(F)(F)c1ccc(F)c(OC)c1. The van der Waals surface area contributed by atoms with E-state index in [-0.39, 0.29) is 12.4 Å². The molecule has 1 aromatic carbocycles. The number of alkyl halides is 2. The Morgan fingerprint density at radius 2 is 2.06 bits per heavy atom. The summed E-state index contributed by atoms with van der Waals surface area (Å²) in [5, 5.41) is 0. The lowest BCUT2D eigenvalue weighted by Gasteiger charge is -2.15. The molecule has 0 N–H and O–H groups in total. The molecule has 3 nitrogen and oxygen atoms in total. The molecule has 0 aliphatic heterocycles. The second kappa shape index (κ2) is 5.07. The van der Waals surface area contributed by atoms with Gasteiger partial charge in [0.25, 0.3) is 0 Å². The fourth-order valence-corrected chi connectivity index (χ4v) is 1.19. The van der Waals surface area contributed by atoms with Crippen molar-refractivity contribution < 1.29 is 27.4 Å². The van der Waals surface area contributed by atoms with Crippen molar-refractivity contribution in [2.45, 2.75) is 12.8 Å². The number of halogens is 3. The van der Waals surface area contributed by atoms with E-state index in [0.717, 1.165) is 25.3 Å². The number of rotatable bonds is 4. The van der Waals surface area contributed by atoms with Crippen molar-refractivity contribution in [2.24, 2.45) is 0 Å². The van der Waals surface area contributed by atoms with Gasteiger partial charge in [-0.1, -0.05) is 0 Å². The molecule has 0 aliphatic carbocycles. The summed E-state index contributed by atoms with van der Waals surface area (Å²) in [6, 6.07) is 2.39. The van der Waals surface area contributed by atoms with Crippen molar-refractivity contribution in [3.63, 3.8) is 0 Å². The van der Waals surface area contributed by atoms with Gasteiger partial charge in [-0.25, -0.2) is 9.18 Å². The van der Waals surface area contributed by atoms with Gasteiger partial charge in [0.1, 0.15) is 0 Å². The molecule has 0 amide bonds. The first-order chi connectivity index (χ1) is 7.93. The second-order valence-electron chi connectivity index (χ2n) is 3.14. The molecule has 0 saturated heterocycles. The van der Waals surface area contributed by atoms with E-state index >= 15 is 0 Å². The molecule has 0 heterocycles. The van der Waals surface area contributed by atoms with Gasteiger partial charge in [0.05, 0.1) is 13.7 Å². The van der Waals surface area contributed by atoms with Gasteiger partial charge in [0.15, 0.2) is 11.6 Å². The van der Waals surface area contributed by atoms with Crippen LogP contribution < -0.4 is 4.74 Å². The predicted molar refractivity (Wildman–Crippen MR) is 53.5 cm³/mol. The molecule has 0 saturated carbocycles. The minimum atomic E-state index is -3.82. The van der Waals surface area contributed by atoms with Gasteiger partial charge in [-0.15, -0.1) is 0 Å².